The predicted octanol–water partition coefficient (Wildman–Crippen LogP) is 4.93. The minimum atomic E-state index is -4.17. The van der Waals surface area contributed by atoms with Gasteiger partial charge in [-0.3, -0.25) is 13.9 Å². The van der Waals surface area contributed by atoms with Gasteiger partial charge in [-0.1, -0.05) is 43.7 Å². The van der Waals surface area contributed by atoms with Crippen LogP contribution in [0.4, 0.5) is 5.69 Å². The van der Waals surface area contributed by atoms with Crippen LogP contribution >= 0.6 is 0 Å². The lowest BCUT2D eigenvalue weighted by Gasteiger charge is -2.33. The molecule has 3 aromatic rings. The van der Waals surface area contributed by atoms with E-state index >= 15 is 0 Å². The number of carbonyl (C=O) groups is 2. The van der Waals surface area contributed by atoms with Crippen LogP contribution in [0.25, 0.3) is 0 Å². The van der Waals surface area contributed by atoms with Gasteiger partial charge in [0.2, 0.25) is 11.8 Å². The Morgan fingerprint density at radius 1 is 0.929 bits per heavy atom. The van der Waals surface area contributed by atoms with Gasteiger partial charge in [0.25, 0.3) is 10.0 Å². The van der Waals surface area contributed by atoms with Crippen molar-refractivity contribution in [2.24, 2.45) is 0 Å². The monoisotopic (exact) mass is 595 g/mol. The second-order valence-electron chi connectivity index (χ2n) is 9.84. The summed E-state index contributed by atoms with van der Waals surface area (Å²) in [4.78, 5) is 28.8. The molecule has 0 saturated carbocycles. The van der Waals surface area contributed by atoms with E-state index in [0.29, 0.717) is 36.8 Å². The van der Waals surface area contributed by atoms with Crippen molar-refractivity contribution < 1.29 is 27.5 Å². The molecule has 0 heterocycles. The fourth-order valence-corrected chi connectivity index (χ4v) is 5.91. The normalized spacial score (nSPS) is 11.8. The minimum Gasteiger partial charge on any atom is -0.497 e. The van der Waals surface area contributed by atoms with Crippen molar-refractivity contribution >= 4 is 27.5 Å². The SMILES string of the molecule is CCCNC(=O)[C@H](CC)N(Cc1cccc(OC)c1)C(=O)CN(c1ccc(C)cc1)S(=O)(=O)c1ccc(OCC)cc1. The fraction of sp³-hybridized carbons (Fsp3) is 0.375. The molecule has 0 aliphatic carbocycles. The van der Waals surface area contributed by atoms with Gasteiger partial charge >= 0.3 is 0 Å². The molecule has 0 radical (unpaired) electrons. The van der Waals surface area contributed by atoms with Crippen LogP contribution in [0.15, 0.2) is 77.7 Å². The van der Waals surface area contributed by atoms with Crippen molar-refractivity contribution in [3.8, 4) is 11.5 Å². The Kier molecular flexibility index (Phi) is 11.8. The molecule has 2 amide bonds. The van der Waals surface area contributed by atoms with Crippen molar-refractivity contribution in [1.82, 2.24) is 10.2 Å². The van der Waals surface area contributed by atoms with Crippen molar-refractivity contribution in [2.75, 3.05) is 31.1 Å². The van der Waals surface area contributed by atoms with Gasteiger partial charge in [-0.15, -0.1) is 0 Å². The van der Waals surface area contributed by atoms with E-state index in [0.717, 1.165) is 21.9 Å². The second kappa shape index (κ2) is 15.3. The number of rotatable bonds is 15. The molecule has 1 N–H and O–H groups in total. The second-order valence-corrected chi connectivity index (χ2v) is 11.7. The number of methoxy groups -OCH3 is 1. The van der Waals surface area contributed by atoms with Gasteiger partial charge in [-0.05, 0) is 80.8 Å². The number of sulfonamides is 1. The zero-order chi connectivity index (χ0) is 30.7. The Labute approximate surface area is 249 Å². The Hall–Kier alpha value is -4.05. The van der Waals surface area contributed by atoms with E-state index in [4.69, 9.17) is 9.47 Å². The highest BCUT2D eigenvalue weighted by Crippen LogP contribution is 2.27. The molecule has 0 bridgehead atoms. The molecule has 0 fully saturated rings. The quantitative estimate of drug-likeness (QED) is 0.267. The molecular formula is C32H41N3O6S. The van der Waals surface area contributed by atoms with Crippen molar-refractivity contribution in [1.29, 1.82) is 0 Å². The summed E-state index contributed by atoms with van der Waals surface area (Å²) < 4.78 is 40.0. The Balaban J connectivity index is 2.04. The van der Waals surface area contributed by atoms with Crippen LogP contribution < -0.4 is 19.1 Å². The number of aryl methyl sites for hydroxylation is 1. The molecule has 0 aliphatic heterocycles. The smallest absolute Gasteiger partial charge is 0.264 e. The first-order chi connectivity index (χ1) is 20.1. The average Bonchev–Trinajstić information content (AvgIpc) is 2.99. The van der Waals surface area contributed by atoms with E-state index < -0.39 is 28.5 Å². The van der Waals surface area contributed by atoms with Gasteiger partial charge in [-0.2, -0.15) is 0 Å². The molecule has 0 aliphatic rings. The highest BCUT2D eigenvalue weighted by atomic mass is 32.2. The number of carbonyl (C=O) groups excluding carboxylic acids is 2. The number of benzene rings is 3. The third-order valence-electron chi connectivity index (χ3n) is 6.75. The highest BCUT2D eigenvalue weighted by molar-refractivity contribution is 7.92. The first-order valence-electron chi connectivity index (χ1n) is 14.2. The van der Waals surface area contributed by atoms with Gasteiger partial charge < -0.3 is 19.7 Å². The average molecular weight is 596 g/mol. The maximum atomic E-state index is 14.1. The van der Waals surface area contributed by atoms with Crippen LogP contribution in [-0.2, 0) is 26.2 Å². The number of nitrogens with one attached hydrogen (secondary N) is 1. The standard InChI is InChI=1S/C32H41N3O6S/c1-6-20-33-32(37)30(7-2)34(22-25-10-9-11-28(21-25)40-5)31(36)23-35(26-14-12-24(4)13-15-26)42(38,39)29-18-16-27(17-19-29)41-8-3/h9-19,21,30H,6-8,20,22-23H2,1-5H3,(H,33,37)/t30-/m0/s1. The van der Waals surface area contributed by atoms with Crippen molar-refractivity contribution in [3.63, 3.8) is 0 Å². The van der Waals surface area contributed by atoms with Gasteiger partial charge in [0, 0.05) is 13.1 Å². The number of anilines is 1. The molecule has 226 valence electrons. The minimum absolute atomic E-state index is 0.0198. The fourth-order valence-electron chi connectivity index (χ4n) is 4.49. The molecule has 3 aromatic carbocycles. The molecular weight excluding hydrogens is 554 g/mol. The van der Waals surface area contributed by atoms with Gasteiger partial charge in [0.05, 0.1) is 24.3 Å². The molecule has 0 aromatic heterocycles. The van der Waals surface area contributed by atoms with E-state index in [9.17, 15) is 18.0 Å². The van der Waals surface area contributed by atoms with Crippen molar-refractivity contribution in [2.45, 2.75) is 58.0 Å². The zero-order valence-electron chi connectivity index (χ0n) is 25.0. The molecule has 9 nitrogen and oxygen atoms in total. The Bertz CT molecular complexity index is 1430. The molecule has 1 atom stereocenters. The van der Waals surface area contributed by atoms with Gasteiger partial charge in [-0.25, -0.2) is 8.42 Å². The van der Waals surface area contributed by atoms with Crippen LogP contribution in [0.3, 0.4) is 0 Å². The van der Waals surface area contributed by atoms with Crippen molar-refractivity contribution in [3.05, 3.63) is 83.9 Å². The number of ether oxygens (including phenoxy) is 2. The molecule has 0 unspecified atom stereocenters. The number of nitrogens with zero attached hydrogens (tertiary/aromatic N) is 2. The molecule has 42 heavy (non-hydrogen) atoms. The first-order valence-corrected chi connectivity index (χ1v) is 15.6. The van der Waals surface area contributed by atoms with E-state index in [-0.39, 0.29) is 17.3 Å². The third kappa shape index (κ3) is 8.25. The maximum absolute atomic E-state index is 14.1. The molecule has 3 rings (SSSR count). The summed E-state index contributed by atoms with van der Waals surface area (Å²) in [6.45, 7) is 8.04. The lowest BCUT2D eigenvalue weighted by molar-refractivity contribution is -0.140. The summed E-state index contributed by atoms with van der Waals surface area (Å²) >= 11 is 0. The Morgan fingerprint density at radius 2 is 1.62 bits per heavy atom. The van der Waals surface area contributed by atoms with E-state index in [1.54, 1.807) is 55.6 Å². The predicted molar refractivity (Wildman–Crippen MR) is 164 cm³/mol. The lowest BCUT2D eigenvalue weighted by Crippen LogP contribution is -2.52. The van der Waals surface area contributed by atoms with E-state index in [2.05, 4.69) is 5.32 Å². The van der Waals surface area contributed by atoms with E-state index in [1.165, 1.54) is 17.0 Å². The zero-order valence-corrected chi connectivity index (χ0v) is 25.8. The van der Waals surface area contributed by atoms with E-state index in [1.807, 2.05) is 39.8 Å². The van der Waals surface area contributed by atoms with Crippen LogP contribution in [0, 0.1) is 6.92 Å². The summed E-state index contributed by atoms with van der Waals surface area (Å²) in [6.07, 6.45) is 1.09. The summed E-state index contributed by atoms with van der Waals surface area (Å²) in [5, 5.41) is 2.89. The largest absolute Gasteiger partial charge is 0.497 e. The summed E-state index contributed by atoms with van der Waals surface area (Å²) in [5.41, 5.74) is 2.04. The number of hydrogen-bond donors (Lipinski definition) is 1. The molecule has 0 spiro atoms. The first kappa shape index (κ1) is 32.5. The third-order valence-corrected chi connectivity index (χ3v) is 8.53. The lowest BCUT2D eigenvalue weighted by atomic mass is 10.1. The van der Waals surface area contributed by atoms with Gasteiger partial charge in [0.15, 0.2) is 0 Å². The van der Waals surface area contributed by atoms with Crippen LogP contribution in [0.2, 0.25) is 0 Å². The number of hydrogen-bond acceptors (Lipinski definition) is 6. The number of amides is 2. The summed E-state index contributed by atoms with van der Waals surface area (Å²) in [7, 11) is -2.61. The summed E-state index contributed by atoms with van der Waals surface area (Å²) in [5.74, 6) is 0.365. The maximum Gasteiger partial charge on any atom is 0.264 e. The Morgan fingerprint density at radius 3 is 2.21 bits per heavy atom. The van der Waals surface area contributed by atoms with Crippen LogP contribution in [0.5, 0.6) is 11.5 Å². The molecule has 10 heteroatoms. The molecule has 0 saturated heterocycles. The van der Waals surface area contributed by atoms with Crippen LogP contribution in [-0.4, -0.2) is 58.0 Å². The van der Waals surface area contributed by atoms with Gasteiger partial charge in [0.1, 0.15) is 24.1 Å². The summed E-state index contributed by atoms with van der Waals surface area (Å²) in [6, 6.07) is 19.5. The van der Waals surface area contributed by atoms with Crippen LogP contribution in [0.1, 0.15) is 44.7 Å². The highest BCUT2D eigenvalue weighted by Gasteiger charge is 2.33. The topological polar surface area (TPSA) is 105 Å².